The number of esters is 3. The minimum absolute atomic E-state index is 0.0741. The fourth-order valence-electron chi connectivity index (χ4n) is 9.88. The molecule has 1 unspecified atom stereocenters. The molecule has 0 spiro atoms. The topological polar surface area (TPSA) is 78.9 Å². The molecule has 6 nitrogen and oxygen atoms in total. The van der Waals surface area contributed by atoms with Crippen LogP contribution >= 0.6 is 0 Å². The molecule has 0 aromatic heterocycles. The van der Waals surface area contributed by atoms with Crippen LogP contribution in [0.5, 0.6) is 0 Å². The molecular formula is C72H128O6. The van der Waals surface area contributed by atoms with Crippen molar-refractivity contribution in [3.63, 3.8) is 0 Å². The van der Waals surface area contributed by atoms with Gasteiger partial charge in [0.2, 0.25) is 0 Å². The molecule has 0 rings (SSSR count). The molecule has 0 aromatic carbocycles. The molecule has 0 aliphatic rings. The Balaban J connectivity index is 4.24. The minimum Gasteiger partial charge on any atom is -0.462 e. The maximum absolute atomic E-state index is 12.9. The Kier molecular flexibility index (Phi) is 63.7. The van der Waals surface area contributed by atoms with E-state index in [4.69, 9.17) is 14.2 Å². The summed E-state index contributed by atoms with van der Waals surface area (Å²) < 4.78 is 17.0. The number of carbonyl (C=O) groups is 3. The molecule has 0 aromatic rings. The quantitative estimate of drug-likeness (QED) is 0.0261. The average molecular weight is 1090 g/mol. The molecule has 0 saturated heterocycles. The van der Waals surface area contributed by atoms with Gasteiger partial charge in [-0.05, 0) is 89.9 Å². The lowest BCUT2D eigenvalue weighted by Crippen LogP contribution is -2.30. The van der Waals surface area contributed by atoms with Gasteiger partial charge in [-0.1, -0.05) is 312 Å². The van der Waals surface area contributed by atoms with Crippen LogP contribution in [0.4, 0.5) is 0 Å². The van der Waals surface area contributed by atoms with Crippen molar-refractivity contribution >= 4 is 17.9 Å². The number of ether oxygens (including phenoxy) is 3. The molecule has 0 N–H and O–H groups in total. The molecule has 0 radical (unpaired) electrons. The van der Waals surface area contributed by atoms with Crippen molar-refractivity contribution in [1.82, 2.24) is 0 Å². The van der Waals surface area contributed by atoms with E-state index in [2.05, 4.69) is 93.7 Å². The van der Waals surface area contributed by atoms with Gasteiger partial charge in [-0.15, -0.1) is 0 Å². The van der Waals surface area contributed by atoms with Crippen LogP contribution in [-0.2, 0) is 28.6 Å². The van der Waals surface area contributed by atoms with Crippen LogP contribution in [0.15, 0.2) is 72.9 Å². The third-order valence-corrected chi connectivity index (χ3v) is 14.9. The highest BCUT2D eigenvalue weighted by atomic mass is 16.6. The summed E-state index contributed by atoms with van der Waals surface area (Å²) in [5.74, 6) is -0.863. The van der Waals surface area contributed by atoms with E-state index in [1.54, 1.807) is 0 Å². The largest absolute Gasteiger partial charge is 0.462 e. The van der Waals surface area contributed by atoms with E-state index in [-0.39, 0.29) is 31.1 Å². The van der Waals surface area contributed by atoms with Gasteiger partial charge in [-0.3, -0.25) is 14.4 Å². The third kappa shape index (κ3) is 63.7. The summed E-state index contributed by atoms with van der Waals surface area (Å²) in [6, 6.07) is 0. The zero-order valence-electron chi connectivity index (χ0n) is 51.9. The highest BCUT2D eigenvalue weighted by Gasteiger charge is 2.19. The van der Waals surface area contributed by atoms with Crippen LogP contribution < -0.4 is 0 Å². The first-order valence-electron chi connectivity index (χ1n) is 33.9. The molecular weight excluding hydrogens is 961 g/mol. The van der Waals surface area contributed by atoms with Crippen molar-refractivity contribution in [2.24, 2.45) is 0 Å². The highest BCUT2D eigenvalue weighted by Crippen LogP contribution is 2.17. The predicted molar refractivity (Wildman–Crippen MR) is 339 cm³/mol. The van der Waals surface area contributed by atoms with Crippen molar-refractivity contribution in [1.29, 1.82) is 0 Å². The lowest BCUT2D eigenvalue weighted by Gasteiger charge is -2.18. The summed E-state index contributed by atoms with van der Waals surface area (Å²) in [7, 11) is 0. The van der Waals surface area contributed by atoms with Gasteiger partial charge in [0, 0.05) is 19.3 Å². The Morgan fingerprint density at radius 3 is 0.795 bits per heavy atom. The third-order valence-electron chi connectivity index (χ3n) is 14.9. The first kappa shape index (κ1) is 74.8. The Bertz CT molecular complexity index is 1440. The molecule has 6 heteroatoms. The zero-order chi connectivity index (χ0) is 56.4. The van der Waals surface area contributed by atoms with E-state index in [1.807, 2.05) is 0 Å². The van der Waals surface area contributed by atoms with Gasteiger partial charge in [-0.25, -0.2) is 0 Å². The van der Waals surface area contributed by atoms with Crippen molar-refractivity contribution in [3.8, 4) is 0 Å². The van der Waals surface area contributed by atoms with Gasteiger partial charge in [0.25, 0.3) is 0 Å². The number of allylic oxidation sites excluding steroid dienone is 12. The summed E-state index contributed by atoms with van der Waals surface area (Å²) >= 11 is 0. The molecule has 0 heterocycles. The Morgan fingerprint density at radius 1 is 0.269 bits per heavy atom. The number of hydrogen-bond donors (Lipinski definition) is 0. The van der Waals surface area contributed by atoms with E-state index in [9.17, 15) is 14.4 Å². The lowest BCUT2D eigenvalue weighted by molar-refractivity contribution is -0.167. The molecule has 0 fully saturated rings. The van der Waals surface area contributed by atoms with E-state index in [1.165, 1.54) is 212 Å². The van der Waals surface area contributed by atoms with E-state index < -0.39 is 6.10 Å². The average Bonchev–Trinajstić information content (AvgIpc) is 3.44. The number of rotatable bonds is 62. The van der Waals surface area contributed by atoms with E-state index in [0.717, 1.165) is 96.3 Å². The summed E-state index contributed by atoms with van der Waals surface area (Å²) in [4.78, 5) is 38.4. The minimum atomic E-state index is -0.777. The Morgan fingerprint density at radius 2 is 0.500 bits per heavy atom. The molecule has 0 aliphatic carbocycles. The summed E-state index contributed by atoms with van der Waals surface area (Å²) in [5, 5.41) is 0. The fraction of sp³-hybridized carbons (Fsp3) is 0.792. The highest BCUT2D eigenvalue weighted by molar-refractivity contribution is 5.71. The molecule has 1 atom stereocenters. The van der Waals surface area contributed by atoms with Crippen LogP contribution in [-0.4, -0.2) is 37.2 Å². The van der Waals surface area contributed by atoms with Gasteiger partial charge in [-0.2, -0.15) is 0 Å². The summed E-state index contributed by atoms with van der Waals surface area (Å²) in [5.41, 5.74) is 0. The van der Waals surface area contributed by atoms with E-state index in [0.29, 0.717) is 19.3 Å². The van der Waals surface area contributed by atoms with Gasteiger partial charge in [0.05, 0.1) is 0 Å². The van der Waals surface area contributed by atoms with Crippen molar-refractivity contribution in [2.45, 2.75) is 354 Å². The predicted octanol–water partition coefficient (Wildman–Crippen LogP) is 23.3. The van der Waals surface area contributed by atoms with E-state index >= 15 is 0 Å². The fourth-order valence-corrected chi connectivity index (χ4v) is 9.88. The van der Waals surface area contributed by atoms with Crippen molar-refractivity contribution < 1.29 is 28.6 Å². The van der Waals surface area contributed by atoms with Gasteiger partial charge in [0.1, 0.15) is 13.2 Å². The standard InChI is InChI=1S/C72H128O6/c1-4-7-10-13-16-19-22-25-28-30-31-32-33-34-35-36-37-38-39-40-41-43-44-47-50-53-56-59-62-65-71(74)77-68-69(67-76-70(73)64-61-58-55-52-49-46-27-24-21-18-15-12-9-6-3)78-72(75)66-63-60-57-54-51-48-45-42-29-26-23-20-17-14-11-8-5-2/h7,10,16,19,24-25,27-28,31-32,34-35,69H,4-6,8-9,11-15,17-18,20-23,26,29-30,33,36-68H2,1-3H3/b10-7-,19-16-,27-24-,28-25-,32-31-,35-34-. The zero-order valence-corrected chi connectivity index (χ0v) is 51.9. The van der Waals surface area contributed by atoms with Crippen LogP contribution in [0.25, 0.3) is 0 Å². The van der Waals surface area contributed by atoms with Crippen molar-refractivity contribution in [2.75, 3.05) is 13.2 Å². The molecule has 0 aliphatic heterocycles. The molecule has 0 saturated carbocycles. The van der Waals surface area contributed by atoms with Gasteiger partial charge < -0.3 is 14.2 Å². The SMILES string of the molecule is CC/C=C\C/C=C\C/C=C\C/C=C\C/C=C\CCCCCCCCCCCCCCCC(=O)OCC(COC(=O)CCCCCCC/C=C\CCCCCCC)OC(=O)CCCCCCCCCCCCCCCCCCC. The first-order chi connectivity index (χ1) is 38.5. The van der Waals surface area contributed by atoms with Crippen LogP contribution in [0.2, 0.25) is 0 Å². The summed E-state index contributed by atoms with van der Waals surface area (Å²) in [6.45, 7) is 6.56. The maximum atomic E-state index is 12.9. The van der Waals surface area contributed by atoms with Gasteiger partial charge in [0.15, 0.2) is 6.10 Å². The number of unbranched alkanes of at least 4 members (excludes halogenated alkanes) is 39. The monoisotopic (exact) mass is 1090 g/mol. The molecule has 452 valence electrons. The summed E-state index contributed by atoms with van der Waals surface area (Å²) in [6.07, 6.45) is 86.3. The molecule has 0 amide bonds. The van der Waals surface area contributed by atoms with Crippen molar-refractivity contribution in [3.05, 3.63) is 72.9 Å². The molecule has 0 bridgehead atoms. The van der Waals surface area contributed by atoms with Crippen LogP contribution in [0.3, 0.4) is 0 Å². The normalized spacial score (nSPS) is 12.5. The Hall–Kier alpha value is -3.15. The lowest BCUT2D eigenvalue weighted by atomic mass is 10.0. The smallest absolute Gasteiger partial charge is 0.306 e. The van der Waals surface area contributed by atoms with Crippen LogP contribution in [0, 0.1) is 0 Å². The number of carbonyl (C=O) groups excluding carboxylic acids is 3. The van der Waals surface area contributed by atoms with Gasteiger partial charge >= 0.3 is 17.9 Å². The second-order valence-corrected chi connectivity index (χ2v) is 22.7. The molecule has 78 heavy (non-hydrogen) atoms. The number of hydrogen-bond acceptors (Lipinski definition) is 6. The second kappa shape index (κ2) is 66.4. The first-order valence-corrected chi connectivity index (χ1v) is 33.9. The second-order valence-electron chi connectivity index (χ2n) is 22.7. The Labute approximate surface area is 484 Å². The maximum Gasteiger partial charge on any atom is 0.306 e. The van der Waals surface area contributed by atoms with Crippen LogP contribution in [0.1, 0.15) is 348 Å².